The molecule has 0 aliphatic carbocycles. The first-order valence-corrected chi connectivity index (χ1v) is 5.19. The summed E-state index contributed by atoms with van der Waals surface area (Å²) >= 11 is 0. The van der Waals surface area contributed by atoms with E-state index >= 15 is 0 Å². The number of halogens is 1. The molecule has 0 heterocycles. The van der Waals surface area contributed by atoms with Crippen LogP contribution in [0.25, 0.3) is 0 Å². The maximum atomic E-state index is 13.1. The van der Waals surface area contributed by atoms with Crippen LogP contribution in [0.3, 0.4) is 0 Å². The standard InChI is InChI=1S/C8H6FO5S/c9-7-3-5(11)1-2-6(7)8(4-10)15(12,13)14/h1-3,8,11H,(H,12,13,14). The number of benzene rings is 1. The third kappa shape index (κ3) is 2.51. The summed E-state index contributed by atoms with van der Waals surface area (Å²) < 4.78 is 43.0. The molecule has 0 aromatic heterocycles. The van der Waals surface area contributed by atoms with Gasteiger partial charge >= 0.3 is 0 Å². The molecule has 15 heavy (non-hydrogen) atoms. The fourth-order valence-corrected chi connectivity index (χ4v) is 1.65. The van der Waals surface area contributed by atoms with Crippen LogP contribution in [0.2, 0.25) is 0 Å². The van der Waals surface area contributed by atoms with Gasteiger partial charge in [0.1, 0.15) is 11.6 Å². The zero-order chi connectivity index (χ0) is 11.6. The van der Waals surface area contributed by atoms with Crippen LogP contribution in [0.15, 0.2) is 18.2 Å². The highest BCUT2D eigenvalue weighted by Gasteiger charge is 2.28. The molecule has 0 amide bonds. The van der Waals surface area contributed by atoms with Crippen LogP contribution in [0.1, 0.15) is 10.8 Å². The lowest BCUT2D eigenvalue weighted by atomic mass is 10.1. The Morgan fingerprint density at radius 3 is 2.40 bits per heavy atom. The maximum Gasteiger partial charge on any atom is 0.279 e. The van der Waals surface area contributed by atoms with Gasteiger partial charge in [0.25, 0.3) is 10.1 Å². The maximum absolute atomic E-state index is 13.1. The third-order valence-corrected chi connectivity index (χ3v) is 2.62. The van der Waals surface area contributed by atoms with E-state index in [9.17, 15) is 17.6 Å². The number of aromatic hydroxyl groups is 1. The molecule has 1 aromatic rings. The van der Waals surface area contributed by atoms with E-state index in [0.717, 1.165) is 18.4 Å². The van der Waals surface area contributed by atoms with Gasteiger partial charge in [-0.1, -0.05) is 6.07 Å². The number of rotatable bonds is 3. The van der Waals surface area contributed by atoms with Crippen molar-refractivity contribution in [2.24, 2.45) is 0 Å². The van der Waals surface area contributed by atoms with Crippen LogP contribution in [-0.4, -0.2) is 24.4 Å². The van der Waals surface area contributed by atoms with Crippen molar-refractivity contribution in [3.8, 4) is 5.75 Å². The molecule has 1 unspecified atom stereocenters. The summed E-state index contributed by atoms with van der Waals surface area (Å²) in [6, 6.07) is 2.51. The van der Waals surface area contributed by atoms with Crippen LogP contribution >= 0.6 is 0 Å². The van der Waals surface area contributed by atoms with Crippen LogP contribution < -0.4 is 0 Å². The van der Waals surface area contributed by atoms with Crippen molar-refractivity contribution in [2.45, 2.75) is 5.25 Å². The Balaban J connectivity index is 3.32. The van der Waals surface area contributed by atoms with Crippen molar-refractivity contribution in [2.75, 3.05) is 0 Å². The Morgan fingerprint density at radius 1 is 1.40 bits per heavy atom. The molecule has 0 saturated carbocycles. The Labute approximate surface area is 84.9 Å². The SMILES string of the molecule is O=[C]C(c1ccc(O)cc1F)S(=O)(=O)O. The van der Waals surface area contributed by atoms with Crippen molar-refractivity contribution >= 4 is 16.4 Å². The molecular formula is C8H6FO5S. The predicted octanol–water partition coefficient (Wildman–Crippen LogP) is 0.570. The van der Waals surface area contributed by atoms with E-state index in [2.05, 4.69) is 0 Å². The van der Waals surface area contributed by atoms with Crippen molar-refractivity contribution in [1.82, 2.24) is 0 Å². The van der Waals surface area contributed by atoms with Crippen LogP contribution in [0, 0.1) is 5.82 Å². The number of carbonyl (C=O) groups excluding carboxylic acids is 1. The van der Waals surface area contributed by atoms with Crippen molar-refractivity contribution < 1.29 is 27.3 Å². The second-order valence-electron chi connectivity index (χ2n) is 2.72. The molecule has 81 valence electrons. The number of hydrogen-bond donors (Lipinski definition) is 2. The van der Waals surface area contributed by atoms with Gasteiger partial charge in [0.05, 0.1) is 0 Å². The fourth-order valence-electron chi connectivity index (χ4n) is 1.01. The first kappa shape index (κ1) is 11.6. The highest BCUT2D eigenvalue weighted by atomic mass is 32.2. The van der Waals surface area contributed by atoms with Crippen molar-refractivity contribution in [3.63, 3.8) is 0 Å². The van der Waals surface area contributed by atoms with Crippen molar-refractivity contribution in [1.29, 1.82) is 0 Å². The highest BCUT2D eigenvalue weighted by Crippen LogP contribution is 2.24. The molecule has 0 aliphatic rings. The van der Waals surface area contributed by atoms with Gasteiger partial charge in [0, 0.05) is 11.6 Å². The van der Waals surface area contributed by atoms with Gasteiger partial charge in [-0.25, -0.2) is 4.39 Å². The molecule has 1 rings (SSSR count). The topological polar surface area (TPSA) is 91.7 Å². The molecule has 0 aliphatic heterocycles. The van der Waals surface area contributed by atoms with Crippen molar-refractivity contribution in [3.05, 3.63) is 29.6 Å². The second kappa shape index (κ2) is 3.95. The van der Waals surface area contributed by atoms with Crippen LogP contribution in [-0.2, 0) is 14.9 Å². The zero-order valence-electron chi connectivity index (χ0n) is 7.21. The number of phenolic OH excluding ortho intramolecular Hbond substituents is 1. The molecule has 1 aromatic carbocycles. The summed E-state index contributed by atoms with van der Waals surface area (Å²) in [6.07, 6.45) is 1.01. The normalized spacial score (nSPS) is 13.5. The van der Waals surface area contributed by atoms with E-state index in [-0.39, 0.29) is 0 Å². The Hall–Kier alpha value is -1.47. The van der Waals surface area contributed by atoms with Gasteiger partial charge in [-0.2, -0.15) is 8.42 Å². The summed E-state index contributed by atoms with van der Waals surface area (Å²) in [4.78, 5) is 10.3. The average Bonchev–Trinajstić information content (AvgIpc) is 2.07. The molecule has 1 atom stereocenters. The summed E-state index contributed by atoms with van der Waals surface area (Å²) in [5, 5.41) is 6.75. The smallest absolute Gasteiger partial charge is 0.279 e. The lowest BCUT2D eigenvalue weighted by Gasteiger charge is -2.07. The third-order valence-electron chi connectivity index (χ3n) is 1.67. The van der Waals surface area contributed by atoms with E-state index < -0.39 is 32.5 Å². The molecule has 0 spiro atoms. The average molecular weight is 233 g/mol. The lowest BCUT2D eigenvalue weighted by Crippen LogP contribution is -2.14. The minimum absolute atomic E-state index is 0.420. The summed E-state index contributed by atoms with van der Waals surface area (Å²) in [5.41, 5.74) is -0.565. The summed E-state index contributed by atoms with van der Waals surface area (Å²) in [5.74, 6) is -1.53. The van der Waals surface area contributed by atoms with Gasteiger partial charge in [-0.05, 0) is 6.07 Å². The second-order valence-corrected chi connectivity index (χ2v) is 4.22. The monoisotopic (exact) mass is 233 g/mol. The van der Waals surface area contributed by atoms with Gasteiger partial charge in [0.15, 0.2) is 5.25 Å². The Bertz CT molecular complexity index is 482. The Kier molecular flexibility index (Phi) is 3.06. The molecule has 7 heteroatoms. The predicted molar refractivity (Wildman–Crippen MR) is 48.0 cm³/mol. The molecule has 0 saturated heterocycles. The molecule has 5 nitrogen and oxygen atoms in total. The van der Waals surface area contributed by atoms with E-state index in [1.165, 1.54) is 0 Å². The summed E-state index contributed by atoms with van der Waals surface area (Å²) in [7, 11) is -4.75. The van der Waals surface area contributed by atoms with E-state index in [1.807, 2.05) is 0 Å². The molecule has 0 bridgehead atoms. The largest absolute Gasteiger partial charge is 0.508 e. The van der Waals surface area contributed by atoms with E-state index in [1.54, 1.807) is 0 Å². The van der Waals surface area contributed by atoms with Gasteiger partial charge in [-0.15, -0.1) is 0 Å². The Morgan fingerprint density at radius 2 is 2.00 bits per heavy atom. The highest BCUT2D eigenvalue weighted by molar-refractivity contribution is 7.86. The fraction of sp³-hybridized carbons (Fsp3) is 0.125. The summed E-state index contributed by atoms with van der Waals surface area (Å²) in [6.45, 7) is 0. The van der Waals surface area contributed by atoms with Gasteiger partial charge in [0.2, 0.25) is 6.29 Å². The number of hydrogen-bond acceptors (Lipinski definition) is 4. The minimum Gasteiger partial charge on any atom is -0.508 e. The molecule has 0 fully saturated rings. The van der Waals surface area contributed by atoms with Gasteiger partial charge < -0.3 is 5.11 Å². The lowest BCUT2D eigenvalue weighted by molar-refractivity contribution is 0.461. The van der Waals surface area contributed by atoms with Crippen LogP contribution in [0.5, 0.6) is 5.75 Å². The minimum atomic E-state index is -4.75. The van der Waals surface area contributed by atoms with E-state index in [4.69, 9.17) is 9.66 Å². The first-order valence-electron chi connectivity index (χ1n) is 3.68. The molecule has 2 N–H and O–H groups in total. The molecule has 1 radical (unpaired) electrons. The van der Waals surface area contributed by atoms with Gasteiger partial charge in [-0.3, -0.25) is 9.35 Å². The van der Waals surface area contributed by atoms with E-state index in [0.29, 0.717) is 6.07 Å². The zero-order valence-corrected chi connectivity index (χ0v) is 8.03. The van der Waals surface area contributed by atoms with Crippen LogP contribution in [0.4, 0.5) is 4.39 Å². The first-order chi connectivity index (χ1) is 6.86. The number of phenols is 1. The molecular weight excluding hydrogens is 227 g/mol. The quantitative estimate of drug-likeness (QED) is 0.744.